The predicted molar refractivity (Wildman–Crippen MR) is 82.3 cm³/mol. The molecule has 5 nitrogen and oxygen atoms in total. The Balaban J connectivity index is 1.97. The van der Waals surface area contributed by atoms with E-state index >= 15 is 0 Å². The highest BCUT2D eigenvalue weighted by Crippen LogP contribution is 2.16. The number of aryl methyl sites for hydroxylation is 1. The van der Waals surface area contributed by atoms with Crippen molar-refractivity contribution in [3.8, 4) is 0 Å². The molecular formula is C15H14N2O3S. The number of amides is 1. The van der Waals surface area contributed by atoms with E-state index in [4.69, 9.17) is 0 Å². The number of benzene rings is 1. The Bertz CT molecular complexity index is 674. The van der Waals surface area contributed by atoms with Crippen LogP contribution in [0.1, 0.15) is 20.8 Å². The fraction of sp³-hybridized carbons (Fsp3) is 0.133. The topological polar surface area (TPSA) is 68.3 Å². The highest BCUT2D eigenvalue weighted by atomic mass is 32.1. The first kappa shape index (κ1) is 14.9. The average molecular weight is 302 g/mol. The van der Waals surface area contributed by atoms with E-state index in [1.54, 1.807) is 36.5 Å². The summed E-state index contributed by atoms with van der Waals surface area (Å²) in [6.45, 7) is 1.92. The minimum Gasteiger partial charge on any atom is -0.465 e. The van der Waals surface area contributed by atoms with E-state index in [-0.39, 0.29) is 11.9 Å². The third kappa shape index (κ3) is 4.25. The molecular weight excluding hydrogens is 288 g/mol. The minimum atomic E-state index is -0.387. The molecule has 0 bridgehead atoms. The molecule has 0 unspecified atom stereocenters. The lowest BCUT2D eigenvalue weighted by molar-refractivity contribution is -0.111. The molecule has 1 N–H and O–H groups in total. The van der Waals surface area contributed by atoms with Crippen molar-refractivity contribution in [1.29, 1.82) is 0 Å². The van der Waals surface area contributed by atoms with Gasteiger partial charge in [-0.2, -0.15) is 0 Å². The monoisotopic (exact) mass is 302 g/mol. The maximum atomic E-state index is 11.7. The molecule has 1 heterocycles. The summed E-state index contributed by atoms with van der Waals surface area (Å²) in [4.78, 5) is 28.1. The first-order valence-electron chi connectivity index (χ1n) is 6.18. The number of carbonyl (C=O) groups excluding carboxylic acids is 2. The van der Waals surface area contributed by atoms with Crippen molar-refractivity contribution in [3.63, 3.8) is 0 Å². The van der Waals surface area contributed by atoms with Gasteiger partial charge < -0.3 is 4.74 Å². The number of hydrogen-bond acceptors (Lipinski definition) is 5. The van der Waals surface area contributed by atoms with Gasteiger partial charge in [0.15, 0.2) is 5.13 Å². The van der Waals surface area contributed by atoms with Gasteiger partial charge in [-0.3, -0.25) is 10.1 Å². The zero-order valence-electron chi connectivity index (χ0n) is 11.6. The molecule has 6 heteroatoms. The Labute approximate surface area is 126 Å². The normalized spacial score (nSPS) is 10.6. The fourth-order valence-corrected chi connectivity index (χ4v) is 2.25. The van der Waals surface area contributed by atoms with Gasteiger partial charge in [0, 0.05) is 17.2 Å². The van der Waals surface area contributed by atoms with Crippen LogP contribution in [0.2, 0.25) is 0 Å². The Morgan fingerprint density at radius 3 is 2.57 bits per heavy atom. The predicted octanol–water partition coefficient (Wildman–Crippen LogP) is 2.89. The molecule has 1 amide bonds. The molecule has 0 spiro atoms. The van der Waals surface area contributed by atoms with Crippen LogP contribution in [0.3, 0.4) is 0 Å². The molecule has 0 aliphatic rings. The lowest BCUT2D eigenvalue weighted by Crippen LogP contribution is -2.07. The third-order valence-corrected chi connectivity index (χ3v) is 3.44. The van der Waals surface area contributed by atoms with Crippen molar-refractivity contribution in [3.05, 3.63) is 52.5 Å². The van der Waals surface area contributed by atoms with Crippen LogP contribution < -0.4 is 5.32 Å². The van der Waals surface area contributed by atoms with E-state index < -0.39 is 0 Å². The van der Waals surface area contributed by atoms with Crippen molar-refractivity contribution < 1.29 is 14.3 Å². The van der Waals surface area contributed by atoms with Gasteiger partial charge in [-0.25, -0.2) is 9.78 Å². The first-order chi connectivity index (χ1) is 10.1. The molecule has 0 radical (unpaired) electrons. The summed E-state index contributed by atoms with van der Waals surface area (Å²) in [6, 6.07) is 6.77. The fourth-order valence-electron chi connectivity index (χ4n) is 1.58. The Kier molecular flexibility index (Phi) is 4.84. The van der Waals surface area contributed by atoms with Crippen LogP contribution >= 0.6 is 11.3 Å². The van der Waals surface area contributed by atoms with Gasteiger partial charge in [-0.05, 0) is 30.7 Å². The van der Waals surface area contributed by atoms with Crippen molar-refractivity contribution in [1.82, 2.24) is 4.98 Å². The van der Waals surface area contributed by atoms with E-state index in [1.165, 1.54) is 24.5 Å². The number of hydrogen-bond donors (Lipinski definition) is 1. The van der Waals surface area contributed by atoms with Gasteiger partial charge >= 0.3 is 5.97 Å². The number of aromatic nitrogens is 1. The second kappa shape index (κ2) is 6.81. The first-order valence-corrected chi connectivity index (χ1v) is 7.00. The van der Waals surface area contributed by atoms with Crippen LogP contribution in [-0.4, -0.2) is 24.0 Å². The van der Waals surface area contributed by atoms with E-state index in [9.17, 15) is 9.59 Å². The van der Waals surface area contributed by atoms with E-state index in [0.29, 0.717) is 10.7 Å². The highest BCUT2D eigenvalue weighted by Gasteiger charge is 2.04. The number of nitrogens with zero attached hydrogens (tertiary/aromatic N) is 1. The molecule has 2 aromatic rings. The Hall–Kier alpha value is -2.47. The number of methoxy groups -OCH3 is 1. The number of anilines is 1. The maximum absolute atomic E-state index is 11.7. The highest BCUT2D eigenvalue weighted by molar-refractivity contribution is 7.15. The van der Waals surface area contributed by atoms with Crippen LogP contribution in [0.25, 0.3) is 6.08 Å². The van der Waals surface area contributed by atoms with Gasteiger partial charge in [0.05, 0.1) is 12.7 Å². The van der Waals surface area contributed by atoms with Gasteiger partial charge in [0.25, 0.3) is 0 Å². The summed E-state index contributed by atoms with van der Waals surface area (Å²) in [6.07, 6.45) is 4.79. The summed E-state index contributed by atoms with van der Waals surface area (Å²) in [5.74, 6) is -0.635. The zero-order valence-corrected chi connectivity index (χ0v) is 12.4. The number of nitrogens with one attached hydrogen (secondary N) is 1. The van der Waals surface area contributed by atoms with Gasteiger partial charge in [0.2, 0.25) is 5.91 Å². The van der Waals surface area contributed by atoms with E-state index in [2.05, 4.69) is 15.0 Å². The van der Waals surface area contributed by atoms with Gasteiger partial charge in [-0.1, -0.05) is 12.1 Å². The number of thiazole rings is 1. The van der Waals surface area contributed by atoms with Crippen molar-refractivity contribution in [2.24, 2.45) is 0 Å². The largest absolute Gasteiger partial charge is 0.465 e. The van der Waals surface area contributed by atoms with Crippen LogP contribution in [0, 0.1) is 6.92 Å². The van der Waals surface area contributed by atoms with Crippen LogP contribution in [-0.2, 0) is 9.53 Å². The number of carbonyl (C=O) groups is 2. The van der Waals surface area contributed by atoms with Gasteiger partial charge in [0.1, 0.15) is 0 Å². The van der Waals surface area contributed by atoms with Gasteiger partial charge in [-0.15, -0.1) is 11.3 Å². The molecule has 108 valence electrons. The second-order valence-corrected chi connectivity index (χ2v) is 5.45. The van der Waals surface area contributed by atoms with Crippen LogP contribution in [0.15, 0.2) is 36.5 Å². The van der Waals surface area contributed by atoms with Crippen molar-refractivity contribution in [2.45, 2.75) is 6.92 Å². The summed E-state index contributed by atoms with van der Waals surface area (Å²) in [7, 11) is 1.33. The number of esters is 1. The lowest BCUT2D eigenvalue weighted by atomic mass is 10.1. The second-order valence-electron chi connectivity index (χ2n) is 4.21. The van der Waals surface area contributed by atoms with Crippen molar-refractivity contribution in [2.75, 3.05) is 12.4 Å². The summed E-state index contributed by atoms with van der Waals surface area (Å²) in [5, 5.41) is 3.25. The van der Waals surface area contributed by atoms with Crippen LogP contribution in [0.5, 0.6) is 0 Å². The molecule has 0 aliphatic carbocycles. The average Bonchev–Trinajstić information content (AvgIpc) is 2.90. The summed E-state index contributed by atoms with van der Waals surface area (Å²) in [5.41, 5.74) is 1.28. The quantitative estimate of drug-likeness (QED) is 0.696. The molecule has 0 saturated carbocycles. The van der Waals surface area contributed by atoms with Crippen LogP contribution in [0.4, 0.5) is 5.13 Å². The third-order valence-electron chi connectivity index (χ3n) is 2.61. The molecule has 0 aliphatic heterocycles. The number of ether oxygens (including phenoxy) is 1. The lowest BCUT2D eigenvalue weighted by Gasteiger charge is -1.99. The molecule has 1 aromatic carbocycles. The Morgan fingerprint density at radius 1 is 1.29 bits per heavy atom. The molecule has 0 fully saturated rings. The molecule has 21 heavy (non-hydrogen) atoms. The summed E-state index contributed by atoms with van der Waals surface area (Å²) < 4.78 is 4.62. The smallest absolute Gasteiger partial charge is 0.337 e. The van der Waals surface area contributed by atoms with Crippen molar-refractivity contribution >= 4 is 34.4 Å². The molecule has 0 atom stereocenters. The number of rotatable bonds is 4. The summed E-state index contributed by atoms with van der Waals surface area (Å²) >= 11 is 1.42. The molecule has 2 rings (SSSR count). The minimum absolute atomic E-state index is 0.249. The maximum Gasteiger partial charge on any atom is 0.337 e. The SMILES string of the molecule is COC(=O)c1ccc(/C=C/C(=O)Nc2ncc(C)s2)cc1. The molecule has 1 aromatic heterocycles. The molecule has 0 saturated heterocycles. The Morgan fingerprint density at radius 2 is 2.00 bits per heavy atom. The standard InChI is InChI=1S/C15H14N2O3S/c1-10-9-16-15(21-10)17-13(18)8-5-11-3-6-12(7-4-11)14(19)20-2/h3-9H,1-2H3,(H,16,17,18)/b8-5+. The zero-order chi connectivity index (χ0) is 15.2. The van der Waals surface area contributed by atoms with E-state index in [1.807, 2.05) is 6.92 Å². The van der Waals surface area contributed by atoms with E-state index in [0.717, 1.165) is 10.4 Å².